The minimum absolute atomic E-state index is 0.0498. The summed E-state index contributed by atoms with van der Waals surface area (Å²) >= 11 is 5.50. The van der Waals surface area contributed by atoms with Gasteiger partial charge in [-0.3, -0.25) is 14.4 Å². The van der Waals surface area contributed by atoms with Crippen LogP contribution in [0, 0.1) is 17.8 Å². The van der Waals surface area contributed by atoms with Gasteiger partial charge in [0.15, 0.2) is 0 Å². The van der Waals surface area contributed by atoms with Gasteiger partial charge in [-0.15, -0.1) is 24.9 Å². The smallest absolute Gasteiger partial charge is 0.247 e. The Morgan fingerprint density at radius 3 is 2.41 bits per heavy atom. The predicted octanol–water partition coefficient (Wildman–Crippen LogP) is 5.29. The van der Waals surface area contributed by atoms with Crippen molar-refractivity contribution in [2.75, 3.05) is 37.7 Å². The number of hydrogen-bond acceptors (Lipinski definition) is 6. The average Bonchev–Trinajstić information content (AvgIpc) is 3.59. The van der Waals surface area contributed by atoms with Crippen LogP contribution in [0.5, 0.6) is 5.75 Å². The van der Waals surface area contributed by atoms with Crippen molar-refractivity contribution in [3.05, 3.63) is 49.6 Å². The molecule has 1 spiro atoms. The van der Waals surface area contributed by atoms with Crippen LogP contribution < -0.4 is 9.64 Å². The molecule has 2 bridgehead atoms. The maximum Gasteiger partial charge on any atom is 0.247 e. The van der Waals surface area contributed by atoms with E-state index in [1.165, 1.54) is 0 Å². The van der Waals surface area contributed by atoms with Crippen LogP contribution in [-0.4, -0.2) is 92.4 Å². The van der Waals surface area contributed by atoms with E-state index in [4.69, 9.17) is 4.74 Å². The number of ether oxygens (including phenoxy) is 1. The average molecular weight is 691 g/mol. The highest BCUT2D eigenvalue weighted by molar-refractivity contribution is 9.09. The van der Waals surface area contributed by atoms with E-state index in [1.807, 2.05) is 49.9 Å². The number of aliphatic hydroxyl groups is 1. The van der Waals surface area contributed by atoms with Crippen LogP contribution in [0.4, 0.5) is 5.69 Å². The highest BCUT2D eigenvalue weighted by atomic mass is 79.9. The Labute approximate surface area is 275 Å². The van der Waals surface area contributed by atoms with Gasteiger partial charge in [0.25, 0.3) is 0 Å². The number of halogens is 1. The molecule has 3 aliphatic heterocycles. The summed E-state index contributed by atoms with van der Waals surface area (Å²) in [6.45, 7) is 17.3. The molecule has 3 unspecified atom stereocenters. The molecule has 3 aliphatic rings. The molecule has 0 saturated carbocycles. The van der Waals surface area contributed by atoms with Gasteiger partial charge in [0.2, 0.25) is 17.7 Å². The number of unbranched alkanes of at least 4 members (excludes halogenated alkanes) is 2. The van der Waals surface area contributed by atoms with Crippen molar-refractivity contribution in [2.45, 2.75) is 80.3 Å². The summed E-state index contributed by atoms with van der Waals surface area (Å²) in [5.41, 5.74) is 0.699. The van der Waals surface area contributed by atoms with Gasteiger partial charge in [-0.25, -0.2) is 0 Å². The van der Waals surface area contributed by atoms with Crippen molar-refractivity contribution in [3.63, 3.8) is 0 Å². The molecule has 8 nitrogen and oxygen atoms in total. The lowest BCUT2D eigenvalue weighted by molar-refractivity contribution is -0.146. The molecule has 1 aromatic carbocycles. The zero-order chi connectivity index (χ0) is 32.2. The Morgan fingerprint density at radius 2 is 1.84 bits per heavy atom. The van der Waals surface area contributed by atoms with E-state index in [0.29, 0.717) is 37.6 Å². The topological polar surface area (TPSA) is 90.4 Å². The largest absolute Gasteiger partial charge is 0.494 e. The monoisotopic (exact) mass is 689 g/mol. The number of aliphatic hydroxyl groups excluding tert-OH is 1. The molecule has 3 fully saturated rings. The minimum Gasteiger partial charge on any atom is -0.494 e. The molecular weight excluding hydrogens is 642 g/mol. The Hall–Kier alpha value is -2.30. The van der Waals surface area contributed by atoms with Gasteiger partial charge in [0.05, 0.1) is 35.8 Å². The number of fused-ring (bicyclic) bond motifs is 1. The molecule has 1 N–H and O–H groups in total. The highest BCUT2D eigenvalue weighted by Gasteiger charge is 2.76. The number of amides is 3. The van der Waals surface area contributed by atoms with Crippen molar-refractivity contribution in [3.8, 4) is 5.75 Å². The molecule has 1 aromatic rings. The molecule has 3 heterocycles. The second-order valence-electron chi connectivity index (χ2n) is 12.3. The summed E-state index contributed by atoms with van der Waals surface area (Å²) in [6.07, 6.45) is 6.89. The van der Waals surface area contributed by atoms with Crippen LogP contribution in [0.15, 0.2) is 49.6 Å². The lowest BCUT2D eigenvalue weighted by Gasteiger charge is -2.41. The maximum absolute atomic E-state index is 14.7. The standard InChI is InChI=1S/C34H48BrN3O5S/c1-7-11-12-19-36(17-8-2)33(42)30-34-20-25(35)29(44-34)27(28(34)32(41)38(30)26(21-39)22(5)6)31(40)37(18-9-3)23-13-15-24(16-14-23)43-10-4/h8-9,13-16,22,25-30,39H,2-3,7,10-12,17-21H2,1,4-6H3/t25?,26-,27+,28-,29+,30?,34?/m0/s1. The Morgan fingerprint density at radius 1 is 1.16 bits per heavy atom. The number of likely N-dealkylation sites (tertiary alicyclic amines) is 1. The summed E-state index contributed by atoms with van der Waals surface area (Å²) in [7, 11) is 0. The summed E-state index contributed by atoms with van der Waals surface area (Å²) in [5.74, 6) is -1.17. The van der Waals surface area contributed by atoms with Gasteiger partial charge in [-0.05, 0) is 49.9 Å². The van der Waals surface area contributed by atoms with Gasteiger partial charge in [0, 0.05) is 35.4 Å². The number of thioether (sulfide) groups is 1. The third-order valence-corrected chi connectivity index (χ3v) is 12.5. The second kappa shape index (κ2) is 14.9. The Kier molecular flexibility index (Phi) is 11.7. The van der Waals surface area contributed by atoms with Crippen LogP contribution >= 0.6 is 27.7 Å². The lowest BCUT2D eigenvalue weighted by atomic mass is 9.70. The van der Waals surface area contributed by atoms with Crippen LogP contribution in [0.25, 0.3) is 0 Å². The summed E-state index contributed by atoms with van der Waals surface area (Å²) < 4.78 is 4.81. The number of alkyl halides is 1. The van der Waals surface area contributed by atoms with E-state index in [2.05, 4.69) is 36.0 Å². The van der Waals surface area contributed by atoms with Crippen molar-refractivity contribution in [1.82, 2.24) is 9.80 Å². The fourth-order valence-electron chi connectivity index (χ4n) is 7.30. The number of carbonyl (C=O) groups excluding carboxylic acids is 3. The SMILES string of the molecule is C=CCN(CCCCC)C(=O)C1N([C@@H](CO)C(C)C)C(=O)[C@@H]2[C@@H](C(=O)N(CC=C)c3ccc(OCC)cc3)[C@@H]3SC12CC3Br. The van der Waals surface area contributed by atoms with Crippen LogP contribution in [0.1, 0.15) is 53.4 Å². The first kappa shape index (κ1) is 34.6. The number of carbonyl (C=O) groups is 3. The van der Waals surface area contributed by atoms with Gasteiger partial charge >= 0.3 is 0 Å². The summed E-state index contributed by atoms with van der Waals surface area (Å²) in [4.78, 5) is 49.0. The first-order chi connectivity index (χ1) is 21.1. The van der Waals surface area contributed by atoms with Gasteiger partial charge in [-0.2, -0.15) is 0 Å². The molecule has 3 saturated heterocycles. The summed E-state index contributed by atoms with van der Waals surface area (Å²) in [5, 5.41) is 10.4. The van der Waals surface area contributed by atoms with Gasteiger partial charge in [0.1, 0.15) is 11.8 Å². The van der Waals surface area contributed by atoms with E-state index in [1.54, 1.807) is 33.7 Å². The van der Waals surface area contributed by atoms with Crippen molar-refractivity contribution in [2.24, 2.45) is 17.8 Å². The van der Waals surface area contributed by atoms with Crippen LogP contribution in [-0.2, 0) is 14.4 Å². The van der Waals surface area contributed by atoms with Gasteiger partial charge in [-0.1, -0.05) is 61.7 Å². The fraction of sp³-hybridized carbons (Fsp3) is 0.618. The Balaban J connectivity index is 1.78. The van der Waals surface area contributed by atoms with E-state index in [9.17, 15) is 19.5 Å². The Bertz CT molecular complexity index is 1210. The number of rotatable bonds is 16. The van der Waals surface area contributed by atoms with Crippen molar-refractivity contribution >= 4 is 51.1 Å². The minimum atomic E-state index is -0.793. The number of anilines is 1. The normalized spacial score (nSPS) is 27.8. The predicted molar refractivity (Wildman–Crippen MR) is 181 cm³/mol. The summed E-state index contributed by atoms with van der Waals surface area (Å²) in [6, 6.07) is 6.06. The molecule has 0 radical (unpaired) electrons. The van der Waals surface area contributed by atoms with Crippen LogP contribution in [0.2, 0.25) is 0 Å². The number of hydrogen-bond donors (Lipinski definition) is 1. The zero-order valence-electron chi connectivity index (χ0n) is 26.5. The molecule has 242 valence electrons. The number of benzene rings is 1. The molecule has 10 heteroatoms. The van der Waals surface area contributed by atoms with E-state index in [0.717, 1.165) is 19.3 Å². The van der Waals surface area contributed by atoms with Crippen molar-refractivity contribution < 1.29 is 24.2 Å². The molecule has 7 atom stereocenters. The highest BCUT2D eigenvalue weighted by Crippen LogP contribution is 2.68. The van der Waals surface area contributed by atoms with E-state index >= 15 is 0 Å². The fourth-order valence-corrected chi connectivity index (χ4v) is 10.9. The second-order valence-corrected chi connectivity index (χ2v) is 15.1. The molecule has 3 amide bonds. The first-order valence-electron chi connectivity index (χ1n) is 15.9. The molecule has 4 rings (SSSR count). The molecular formula is C34H48BrN3O5S. The molecule has 44 heavy (non-hydrogen) atoms. The third-order valence-electron chi connectivity index (χ3n) is 9.29. The number of nitrogens with zero attached hydrogens (tertiary/aromatic N) is 3. The van der Waals surface area contributed by atoms with Gasteiger partial charge < -0.3 is 24.5 Å². The first-order valence-corrected chi connectivity index (χ1v) is 17.7. The molecule has 0 aromatic heterocycles. The van der Waals surface area contributed by atoms with E-state index < -0.39 is 28.7 Å². The third kappa shape index (κ3) is 6.23. The maximum atomic E-state index is 14.7. The van der Waals surface area contributed by atoms with Crippen molar-refractivity contribution in [1.29, 1.82) is 0 Å². The molecule has 0 aliphatic carbocycles. The van der Waals surface area contributed by atoms with E-state index in [-0.39, 0.29) is 46.9 Å². The van der Waals surface area contributed by atoms with Crippen LogP contribution in [0.3, 0.4) is 0 Å². The quantitative estimate of drug-likeness (QED) is 0.144. The lowest BCUT2D eigenvalue weighted by Crippen LogP contribution is -2.58. The zero-order valence-corrected chi connectivity index (χ0v) is 28.9.